The molecule has 0 bridgehead atoms. The molecule has 0 aromatic carbocycles. The van der Waals surface area contributed by atoms with E-state index in [2.05, 4.69) is 27.7 Å². The second-order valence-corrected chi connectivity index (χ2v) is 6.53. The van der Waals surface area contributed by atoms with Crippen molar-refractivity contribution >= 4 is 15.3 Å². The Morgan fingerprint density at radius 2 is 1.93 bits per heavy atom. The Morgan fingerprint density at radius 3 is 2.40 bits per heavy atom. The molecule has 0 saturated heterocycles. The lowest BCUT2D eigenvalue weighted by Gasteiger charge is -2.22. The maximum atomic E-state index is 5.87. The smallest absolute Gasteiger partial charge is 0.162 e. The van der Waals surface area contributed by atoms with E-state index < -0.39 is 0 Å². The van der Waals surface area contributed by atoms with E-state index >= 15 is 0 Å². The lowest BCUT2D eigenvalue weighted by Crippen LogP contribution is -2.33. The highest BCUT2D eigenvalue weighted by molar-refractivity contribution is 7.41. The predicted molar refractivity (Wildman–Crippen MR) is 76.6 cm³/mol. The molecule has 0 aliphatic heterocycles. The summed E-state index contributed by atoms with van der Waals surface area (Å²) in [5, 5.41) is 0. The second-order valence-electron chi connectivity index (χ2n) is 4.91. The summed E-state index contributed by atoms with van der Waals surface area (Å²) in [6.07, 6.45) is 6.26. The van der Waals surface area contributed by atoms with E-state index in [0.29, 0.717) is 0 Å². The van der Waals surface area contributed by atoms with Gasteiger partial charge in [-0.2, -0.15) is 0 Å². The SMILES string of the molecule is CCCC(C)CC(C)B(CN)CPCC. The molecule has 0 aromatic heterocycles. The standard InChI is InChI=1S/C12H29BNP/c1-5-7-11(3)8-12(4)13(9-14)10-15-6-2/h11-12,15H,5-10,14H2,1-4H3. The van der Waals surface area contributed by atoms with Crippen LogP contribution in [0.15, 0.2) is 0 Å². The Balaban J connectivity index is 3.85. The molecule has 3 unspecified atom stereocenters. The summed E-state index contributed by atoms with van der Waals surface area (Å²) in [4.78, 5) is 0. The molecule has 1 nitrogen and oxygen atoms in total. The van der Waals surface area contributed by atoms with Crippen molar-refractivity contribution in [3.05, 3.63) is 0 Å². The third-order valence-corrected chi connectivity index (χ3v) is 4.63. The van der Waals surface area contributed by atoms with Crippen LogP contribution in [-0.4, -0.2) is 25.4 Å². The molecule has 3 atom stereocenters. The van der Waals surface area contributed by atoms with Crippen molar-refractivity contribution in [3.8, 4) is 0 Å². The van der Waals surface area contributed by atoms with E-state index in [1.807, 2.05) is 0 Å². The molecule has 3 heteroatoms. The molecule has 90 valence electrons. The molecule has 0 heterocycles. The minimum absolute atomic E-state index is 0.766. The Hall–Kier alpha value is 0.455. The summed E-state index contributed by atoms with van der Waals surface area (Å²) in [6, 6.07) is 1.35. The van der Waals surface area contributed by atoms with Crippen molar-refractivity contribution in [1.29, 1.82) is 0 Å². The maximum Gasteiger partial charge on any atom is 0.162 e. The van der Waals surface area contributed by atoms with Gasteiger partial charge in [-0.15, -0.1) is 8.58 Å². The number of hydrogen-bond donors (Lipinski definition) is 1. The summed E-state index contributed by atoms with van der Waals surface area (Å²) in [5.74, 6) is 1.69. The van der Waals surface area contributed by atoms with Crippen molar-refractivity contribution in [2.45, 2.75) is 52.8 Å². The van der Waals surface area contributed by atoms with Gasteiger partial charge in [-0.05, 0) is 18.5 Å². The van der Waals surface area contributed by atoms with Crippen molar-refractivity contribution in [2.24, 2.45) is 11.7 Å². The Morgan fingerprint density at radius 1 is 1.27 bits per heavy atom. The molecule has 0 amide bonds. The highest BCUT2D eigenvalue weighted by Gasteiger charge is 2.20. The topological polar surface area (TPSA) is 26.0 Å². The van der Waals surface area contributed by atoms with Crippen LogP contribution < -0.4 is 5.73 Å². The highest BCUT2D eigenvalue weighted by atomic mass is 31.1. The Bertz CT molecular complexity index is 144. The molecule has 0 spiro atoms. The van der Waals surface area contributed by atoms with Crippen molar-refractivity contribution < 1.29 is 0 Å². The minimum atomic E-state index is 0.766. The monoisotopic (exact) mass is 229 g/mol. The second kappa shape index (κ2) is 9.66. The zero-order chi connectivity index (χ0) is 11.7. The molecule has 0 fully saturated rings. The fraction of sp³-hybridized carbons (Fsp3) is 1.00. The average molecular weight is 229 g/mol. The van der Waals surface area contributed by atoms with Crippen LogP contribution in [0.25, 0.3) is 0 Å². The van der Waals surface area contributed by atoms with E-state index in [9.17, 15) is 0 Å². The van der Waals surface area contributed by atoms with Gasteiger partial charge in [0.1, 0.15) is 0 Å². The van der Waals surface area contributed by atoms with Crippen LogP contribution >= 0.6 is 8.58 Å². The number of rotatable bonds is 9. The first-order chi connectivity index (χ1) is 7.15. The zero-order valence-electron chi connectivity index (χ0n) is 11.1. The van der Waals surface area contributed by atoms with E-state index in [0.717, 1.165) is 33.5 Å². The third-order valence-electron chi connectivity index (χ3n) is 3.32. The van der Waals surface area contributed by atoms with Crippen LogP contribution in [0.4, 0.5) is 0 Å². The normalized spacial score (nSPS) is 15.8. The van der Waals surface area contributed by atoms with E-state index in [1.54, 1.807) is 0 Å². The van der Waals surface area contributed by atoms with Crippen LogP contribution in [0.3, 0.4) is 0 Å². The van der Waals surface area contributed by atoms with E-state index in [4.69, 9.17) is 5.73 Å². The van der Waals surface area contributed by atoms with Gasteiger partial charge in [-0.3, -0.25) is 0 Å². The summed E-state index contributed by atoms with van der Waals surface area (Å²) in [6.45, 7) is 10.1. The Labute approximate surface area is 98.8 Å². The van der Waals surface area contributed by atoms with Gasteiger partial charge in [-0.25, -0.2) is 0 Å². The first kappa shape index (κ1) is 15.5. The molecule has 0 aliphatic carbocycles. The maximum absolute atomic E-state index is 5.87. The molecule has 0 rings (SSSR count). The van der Waals surface area contributed by atoms with Gasteiger partial charge < -0.3 is 5.73 Å². The van der Waals surface area contributed by atoms with Crippen LogP contribution in [-0.2, 0) is 0 Å². The minimum Gasteiger partial charge on any atom is -0.337 e. The quantitative estimate of drug-likeness (QED) is 0.475. The van der Waals surface area contributed by atoms with Crippen molar-refractivity contribution in [2.75, 3.05) is 18.7 Å². The van der Waals surface area contributed by atoms with Crippen LogP contribution in [0.5, 0.6) is 0 Å². The summed E-state index contributed by atoms with van der Waals surface area (Å²) in [7, 11) is 1.11. The van der Waals surface area contributed by atoms with Gasteiger partial charge >= 0.3 is 0 Å². The van der Waals surface area contributed by atoms with E-state index in [1.165, 1.54) is 31.5 Å². The number of nitrogens with two attached hydrogens (primary N) is 1. The molecule has 0 saturated carbocycles. The van der Waals surface area contributed by atoms with Crippen LogP contribution in [0.2, 0.25) is 5.82 Å². The largest absolute Gasteiger partial charge is 0.337 e. The summed E-state index contributed by atoms with van der Waals surface area (Å²) in [5.41, 5.74) is 5.87. The van der Waals surface area contributed by atoms with Gasteiger partial charge in [-0.1, -0.05) is 58.8 Å². The summed E-state index contributed by atoms with van der Waals surface area (Å²) < 4.78 is 0. The highest BCUT2D eigenvalue weighted by Crippen LogP contribution is 2.25. The van der Waals surface area contributed by atoms with Gasteiger partial charge in [0.05, 0.1) is 0 Å². The van der Waals surface area contributed by atoms with E-state index in [-0.39, 0.29) is 0 Å². The zero-order valence-corrected chi connectivity index (χ0v) is 12.1. The van der Waals surface area contributed by atoms with Gasteiger partial charge in [0, 0.05) is 0 Å². The molecule has 0 aromatic rings. The lowest BCUT2D eigenvalue weighted by atomic mass is 9.42. The van der Waals surface area contributed by atoms with Crippen LogP contribution in [0.1, 0.15) is 47.0 Å². The lowest BCUT2D eigenvalue weighted by molar-refractivity contribution is 0.476. The predicted octanol–water partition coefficient (Wildman–Crippen LogP) is 3.43. The molecule has 15 heavy (non-hydrogen) atoms. The van der Waals surface area contributed by atoms with Crippen molar-refractivity contribution in [1.82, 2.24) is 0 Å². The first-order valence-corrected chi connectivity index (χ1v) is 7.97. The van der Waals surface area contributed by atoms with Gasteiger partial charge in [0.25, 0.3) is 0 Å². The number of hydrogen-bond acceptors (Lipinski definition) is 1. The third kappa shape index (κ3) is 7.36. The molecular weight excluding hydrogens is 200 g/mol. The molecule has 0 radical (unpaired) electrons. The van der Waals surface area contributed by atoms with Gasteiger partial charge in [0.15, 0.2) is 6.71 Å². The molecular formula is C12H29BNP. The van der Waals surface area contributed by atoms with Crippen LogP contribution in [0, 0.1) is 5.92 Å². The molecule has 2 N–H and O–H groups in total. The fourth-order valence-corrected chi connectivity index (χ4v) is 3.51. The first-order valence-electron chi connectivity index (χ1n) is 6.56. The summed E-state index contributed by atoms with van der Waals surface area (Å²) >= 11 is 0. The Kier molecular flexibility index (Phi) is 9.96. The van der Waals surface area contributed by atoms with Crippen molar-refractivity contribution in [3.63, 3.8) is 0 Å². The fourth-order valence-electron chi connectivity index (χ4n) is 2.28. The van der Waals surface area contributed by atoms with Gasteiger partial charge in [0.2, 0.25) is 0 Å². The molecule has 0 aliphatic rings. The average Bonchev–Trinajstić information content (AvgIpc) is 2.19.